The van der Waals surface area contributed by atoms with E-state index in [4.69, 9.17) is 31.8 Å². The Balaban J connectivity index is 0.00000480. The molecule has 0 atom stereocenters. The summed E-state index contributed by atoms with van der Waals surface area (Å²) >= 11 is 0. The molecule has 0 heterocycles. The lowest BCUT2D eigenvalue weighted by Crippen LogP contribution is -2.29. The third-order valence-corrected chi connectivity index (χ3v) is 4.32. The van der Waals surface area contributed by atoms with Crippen LogP contribution in [0.2, 0.25) is 0 Å². The van der Waals surface area contributed by atoms with E-state index in [2.05, 4.69) is 10.6 Å². The van der Waals surface area contributed by atoms with E-state index >= 15 is 0 Å². The minimum absolute atomic E-state index is 0. The monoisotopic (exact) mass is 448 g/mol. The van der Waals surface area contributed by atoms with Crippen molar-refractivity contribution < 1.29 is 9.47 Å². The highest BCUT2D eigenvalue weighted by Gasteiger charge is 2.00. The molecule has 0 unspecified atom stereocenters. The molecule has 170 valence electrons. The van der Waals surface area contributed by atoms with Gasteiger partial charge in [0.15, 0.2) is 0 Å². The predicted molar refractivity (Wildman–Crippen MR) is 128 cm³/mol. The van der Waals surface area contributed by atoms with Crippen LogP contribution in [0.5, 0.6) is 11.5 Å². The molecule has 0 spiro atoms. The molecule has 0 bridgehead atoms. The van der Waals surface area contributed by atoms with Gasteiger partial charge in [0.25, 0.3) is 0 Å². The van der Waals surface area contributed by atoms with E-state index in [1.54, 1.807) is 24.3 Å². The highest BCUT2D eigenvalue weighted by molar-refractivity contribution is 5.95. The van der Waals surface area contributed by atoms with Crippen LogP contribution in [0.3, 0.4) is 0 Å². The molecule has 0 aliphatic carbocycles. The smallest absolute Gasteiger partial charge is 0.122 e. The van der Waals surface area contributed by atoms with Crippen LogP contribution in [0, 0.1) is 10.8 Å². The highest BCUT2D eigenvalue weighted by Crippen LogP contribution is 2.13. The van der Waals surface area contributed by atoms with Gasteiger partial charge in [0.2, 0.25) is 0 Å². The summed E-state index contributed by atoms with van der Waals surface area (Å²) in [4.78, 5) is 0. The van der Waals surface area contributed by atoms with Gasteiger partial charge in [-0.25, -0.2) is 0 Å². The van der Waals surface area contributed by atoms with E-state index in [0.717, 1.165) is 50.5 Å². The Morgan fingerprint density at radius 2 is 1.26 bits per heavy atom. The van der Waals surface area contributed by atoms with E-state index in [9.17, 15) is 0 Å². The maximum atomic E-state index is 7.44. The number of nitrogens with one attached hydrogen (secondary N) is 4. The summed E-state index contributed by atoms with van der Waals surface area (Å²) in [6, 6.07) is 14.5. The zero-order valence-electron chi connectivity index (χ0n) is 17.7. The maximum absolute atomic E-state index is 7.44. The molecule has 0 aliphatic heterocycles. The molecule has 2 aromatic carbocycles. The van der Waals surface area contributed by atoms with Gasteiger partial charge in [-0.2, -0.15) is 0 Å². The lowest BCUT2D eigenvalue weighted by Gasteiger charge is -2.09. The van der Waals surface area contributed by atoms with Crippen molar-refractivity contribution in [1.29, 1.82) is 10.8 Å². The number of halogens is 1. The molecular formula is C22H33ClN6O2. The van der Waals surface area contributed by atoms with Crippen molar-refractivity contribution >= 4 is 24.1 Å². The van der Waals surface area contributed by atoms with E-state index < -0.39 is 0 Å². The highest BCUT2D eigenvalue weighted by atomic mass is 35.5. The molecular weight excluding hydrogens is 416 g/mol. The lowest BCUT2D eigenvalue weighted by atomic mass is 10.2. The molecule has 0 saturated heterocycles. The Bertz CT molecular complexity index is 801. The number of benzene rings is 2. The number of nitrogens with two attached hydrogens (primary N) is 2. The lowest BCUT2D eigenvalue weighted by molar-refractivity contribution is 0.305. The predicted octanol–water partition coefficient (Wildman–Crippen LogP) is 2.09. The van der Waals surface area contributed by atoms with Gasteiger partial charge in [-0.3, -0.25) is 10.8 Å². The van der Waals surface area contributed by atoms with Gasteiger partial charge in [-0.15, -0.1) is 12.4 Å². The van der Waals surface area contributed by atoms with E-state index in [1.807, 2.05) is 24.3 Å². The third kappa shape index (κ3) is 10.7. The molecule has 0 amide bonds. The Morgan fingerprint density at radius 3 is 1.81 bits per heavy atom. The second-order valence-corrected chi connectivity index (χ2v) is 6.78. The van der Waals surface area contributed by atoms with Crippen molar-refractivity contribution in [3.63, 3.8) is 0 Å². The Labute approximate surface area is 190 Å². The van der Waals surface area contributed by atoms with Crippen LogP contribution in [0.1, 0.15) is 24.0 Å². The average Bonchev–Trinajstić information content (AvgIpc) is 2.75. The molecule has 0 radical (unpaired) electrons. The summed E-state index contributed by atoms with van der Waals surface area (Å²) in [5, 5.41) is 21.6. The molecule has 31 heavy (non-hydrogen) atoms. The van der Waals surface area contributed by atoms with Gasteiger partial charge < -0.3 is 31.6 Å². The second-order valence-electron chi connectivity index (χ2n) is 6.78. The Morgan fingerprint density at radius 1 is 0.710 bits per heavy atom. The van der Waals surface area contributed by atoms with Crippen LogP contribution >= 0.6 is 12.4 Å². The number of ether oxygens (including phenoxy) is 2. The standard InChI is InChI=1S/C22H32N6O2.ClH/c23-21(24)17-6-8-19(9-7-17)29-14-2-10-27-12-13-28-11-3-15-30-20-5-1-4-18(16-20)22(25)26;/h1,4-9,16,27-28H,2-3,10-15H2,(H3,23,24)(H3,25,26);1H. The average molecular weight is 449 g/mol. The van der Waals surface area contributed by atoms with E-state index in [0.29, 0.717) is 24.3 Å². The molecule has 0 fully saturated rings. The zero-order valence-corrected chi connectivity index (χ0v) is 18.5. The van der Waals surface area contributed by atoms with E-state index in [-0.39, 0.29) is 24.1 Å². The first-order valence-electron chi connectivity index (χ1n) is 10.1. The van der Waals surface area contributed by atoms with Gasteiger partial charge in [-0.05, 0) is 62.3 Å². The number of nitrogen functional groups attached to an aromatic ring is 2. The van der Waals surface area contributed by atoms with Gasteiger partial charge in [0.05, 0.1) is 13.2 Å². The quantitative estimate of drug-likeness (QED) is 0.140. The van der Waals surface area contributed by atoms with Crippen molar-refractivity contribution in [1.82, 2.24) is 10.6 Å². The first-order chi connectivity index (χ1) is 14.6. The molecule has 0 aromatic heterocycles. The molecule has 0 saturated carbocycles. The van der Waals surface area contributed by atoms with Gasteiger partial charge in [-0.1, -0.05) is 12.1 Å². The molecule has 2 rings (SSSR count). The SMILES string of the molecule is Cl.N=C(N)c1ccc(OCCCNCCNCCCOc2cccc(C(=N)N)c2)cc1. The number of rotatable bonds is 15. The van der Waals surface area contributed by atoms with Crippen molar-refractivity contribution in [3.05, 3.63) is 59.7 Å². The third-order valence-electron chi connectivity index (χ3n) is 4.32. The minimum Gasteiger partial charge on any atom is -0.494 e. The van der Waals surface area contributed by atoms with Gasteiger partial charge >= 0.3 is 0 Å². The van der Waals surface area contributed by atoms with Crippen molar-refractivity contribution in [2.24, 2.45) is 11.5 Å². The number of amidine groups is 2. The molecule has 9 heteroatoms. The van der Waals surface area contributed by atoms with Crippen LogP contribution in [0.15, 0.2) is 48.5 Å². The van der Waals surface area contributed by atoms with Crippen molar-refractivity contribution in [3.8, 4) is 11.5 Å². The van der Waals surface area contributed by atoms with Crippen LogP contribution in [0.4, 0.5) is 0 Å². The first-order valence-corrected chi connectivity index (χ1v) is 10.1. The van der Waals surface area contributed by atoms with Gasteiger partial charge in [0.1, 0.15) is 23.2 Å². The summed E-state index contributed by atoms with van der Waals surface area (Å²) in [6.07, 6.45) is 1.82. The van der Waals surface area contributed by atoms with Crippen molar-refractivity contribution in [2.45, 2.75) is 12.8 Å². The largest absolute Gasteiger partial charge is 0.494 e. The first kappa shape index (κ1) is 26.2. The molecule has 2 aromatic rings. The van der Waals surface area contributed by atoms with E-state index in [1.165, 1.54) is 0 Å². The molecule has 8 N–H and O–H groups in total. The summed E-state index contributed by atoms with van der Waals surface area (Å²) in [6.45, 7) is 4.83. The van der Waals surface area contributed by atoms with Crippen molar-refractivity contribution in [2.75, 3.05) is 39.4 Å². The van der Waals surface area contributed by atoms with Crippen LogP contribution in [-0.4, -0.2) is 51.1 Å². The zero-order chi connectivity index (χ0) is 21.6. The molecule has 8 nitrogen and oxygen atoms in total. The number of hydrogen-bond acceptors (Lipinski definition) is 6. The second kappa shape index (κ2) is 15.1. The number of hydrogen-bond donors (Lipinski definition) is 6. The van der Waals surface area contributed by atoms with Crippen LogP contribution in [-0.2, 0) is 0 Å². The van der Waals surface area contributed by atoms with Gasteiger partial charge in [0, 0.05) is 24.2 Å². The fraction of sp³-hybridized carbons (Fsp3) is 0.364. The summed E-state index contributed by atoms with van der Waals surface area (Å²) < 4.78 is 11.4. The minimum atomic E-state index is 0. The summed E-state index contributed by atoms with van der Waals surface area (Å²) in [7, 11) is 0. The van der Waals surface area contributed by atoms with Crippen LogP contribution < -0.4 is 31.6 Å². The topological polar surface area (TPSA) is 142 Å². The fourth-order valence-corrected chi connectivity index (χ4v) is 2.69. The Kier molecular flexibility index (Phi) is 12.7. The van der Waals surface area contributed by atoms with Crippen LogP contribution in [0.25, 0.3) is 0 Å². The Hall–Kier alpha value is -2.81. The maximum Gasteiger partial charge on any atom is 0.122 e. The summed E-state index contributed by atoms with van der Waals surface area (Å²) in [5.74, 6) is 1.63. The normalized spacial score (nSPS) is 10.2. The summed E-state index contributed by atoms with van der Waals surface area (Å²) in [5.41, 5.74) is 12.3. The fourth-order valence-electron chi connectivity index (χ4n) is 2.69. The molecule has 0 aliphatic rings.